The van der Waals surface area contributed by atoms with Crippen LogP contribution in [0.3, 0.4) is 0 Å². The van der Waals surface area contributed by atoms with Gasteiger partial charge >= 0.3 is 0 Å². The molecular formula is C19H22FNO3. The standard InChI is InChI=1S/C19H22FNO3/c1-21(13-15-6-4-5-7-18(15)20)19(22)9-8-14-10-16(23-2)12-17(11-14)24-3/h4-7,10-12H,8-9,13H2,1-3H3. The number of ether oxygens (including phenoxy) is 2. The highest BCUT2D eigenvalue weighted by Crippen LogP contribution is 2.23. The lowest BCUT2D eigenvalue weighted by Crippen LogP contribution is -2.26. The predicted octanol–water partition coefficient (Wildman–Crippen LogP) is 3.43. The molecule has 2 aromatic rings. The zero-order chi connectivity index (χ0) is 17.5. The Morgan fingerprint density at radius 1 is 1.08 bits per heavy atom. The van der Waals surface area contributed by atoms with E-state index in [1.54, 1.807) is 45.5 Å². The second kappa shape index (κ2) is 8.34. The van der Waals surface area contributed by atoms with E-state index in [-0.39, 0.29) is 18.3 Å². The average molecular weight is 331 g/mol. The molecule has 0 radical (unpaired) electrons. The number of benzene rings is 2. The Labute approximate surface area is 141 Å². The fraction of sp³-hybridized carbons (Fsp3) is 0.316. The summed E-state index contributed by atoms with van der Waals surface area (Å²) in [5.74, 6) is 1.04. The number of hydrogen-bond acceptors (Lipinski definition) is 3. The average Bonchev–Trinajstić information content (AvgIpc) is 2.61. The van der Waals surface area contributed by atoms with Crippen LogP contribution < -0.4 is 9.47 Å². The molecule has 0 aliphatic heterocycles. The topological polar surface area (TPSA) is 38.8 Å². The first kappa shape index (κ1) is 17.8. The van der Waals surface area contributed by atoms with Gasteiger partial charge in [0.25, 0.3) is 0 Å². The maximum Gasteiger partial charge on any atom is 0.222 e. The van der Waals surface area contributed by atoms with Crippen molar-refractivity contribution in [3.05, 3.63) is 59.4 Å². The molecule has 0 saturated heterocycles. The molecule has 0 aromatic heterocycles. The number of halogens is 1. The summed E-state index contributed by atoms with van der Waals surface area (Å²) in [6.45, 7) is 0.257. The Kier molecular flexibility index (Phi) is 6.18. The van der Waals surface area contributed by atoms with Gasteiger partial charge in [-0.15, -0.1) is 0 Å². The third kappa shape index (κ3) is 4.72. The fourth-order valence-corrected chi connectivity index (χ4v) is 2.42. The van der Waals surface area contributed by atoms with Crippen molar-refractivity contribution in [1.29, 1.82) is 0 Å². The third-order valence-corrected chi connectivity index (χ3v) is 3.83. The van der Waals surface area contributed by atoms with Gasteiger partial charge in [0.15, 0.2) is 0 Å². The van der Waals surface area contributed by atoms with E-state index in [1.165, 1.54) is 11.0 Å². The van der Waals surface area contributed by atoms with Gasteiger partial charge in [-0.1, -0.05) is 18.2 Å². The highest BCUT2D eigenvalue weighted by molar-refractivity contribution is 5.76. The van der Waals surface area contributed by atoms with Crippen molar-refractivity contribution in [2.24, 2.45) is 0 Å². The van der Waals surface area contributed by atoms with E-state index < -0.39 is 0 Å². The molecule has 0 bridgehead atoms. The van der Waals surface area contributed by atoms with Crippen LogP contribution in [0.2, 0.25) is 0 Å². The smallest absolute Gasteiger partial charge is 0.222 e. The van der Waals surface area contributed by atoms with Crippen molar-refractivity contribution in [2.45, 2.75) is 19.4 Å². The van der Waals surface area contributed by atoms with E-state index in [0.717, 1.165) is 5.56 Å². The molecule has 2 rings (SSSR count). The molecule has 0 aliphatic rings. The normalized spacial score (nSPS) is 10.3. The second-order valence-corrected chi connectivity index (χ2v) is 5.56. The lowest BCUT2D eigenvalue weighted by atomic mass is 10.1. The van der Waals surface area contributed by atoms with Crippen LogP contribution in [0.1, 0.15) is 17.5 Å². The highest BCUT2D eigenvalue weighted by Gasteiger charge is 2.12. The predicted molar refractivity (Wildman–Crippen MR) is 90.7 cm³/mol. The Bertz CT molecular complexity index is 681. The monoisotopic (exact) mass is 331 g/mol. The quantitative estimate of drug-likeness (QED) is 0.780. The Balaban J connectivity index is 1.96. The van der Waals surface area contributed by atoms with Crippen molar-refractivity contribution >= 4 is 5.91 Å². The van der Waals surface area contributed by atoms with E-state index in [2.05, 4.69) is 0 Å². The lowest BCUT2D eigenvalue weighted by Gasteiger charge is -2.18. The molecule has 128 valence electrons. The van der Waals surface area contributed by atoms with Crippen molar-refractivity contribution in [2.75, 3.05) is 21.3 Å². The summed E-state index contributed by atoms with van der Waals surface area (Å²) < 4.78 is 24.1. The number of carbonyl (C=O) groups excluding carboxylic acids is 1. The van der Waals surface area contributed by atoms with E-state index in [4.69, 9.17) is 9.47 Å². The Morgan fingerprint density at radius 2 is 1.71 bits per heavy atom. The summed E-state index contributed by atoms with van der Waals surface area (Å²) in [7, 11) is 4.86. The number of amides is 1. The van der Waals surface area contributed by atoms with E-state index in [0.29, 0.717) is 29.9 Å². The minimum Gasteiger partial charge on any atom is -0.497 e. The van der Waals surface area contributed by atoms with Crippen molar-refractivity contribution < 1.29 is 18.7 Å². The molecule has 0 aliphatic carbocycles. The number of aryl methyl sites for hydroxylation is 1. The maximum atomic E-state index is 13.7. The van der Waals surface area contributed by atoms with Crippen LogP contribution in [-0.2, 0) is 17.8 Å². The van der Waals surface area contributed by atoms with Gasteiger partial charge in [0.1, 0.15) is 17.3 Å². The molecular weight excluding hydrogens is 309 g/mol. The molecule has 1 amide bonds. The first-order valence-corrected chi connectivity index (χ1v) is 7.72. The van der Waals surface area contributed by atoms with Gasteiger partial charge in [0, 0.05) is 31.6 Å². The molecule has 5 heteroatoms. The Morgan fingerprint density at radius 3 is 2.29 bits per heavy atom. The van der Waals surface area contributed by atoms with Crippen LogP contribution in [-0.4, -0.2) is 32.1 Å². The molecule has 0 unspecified atom stereocenters. The van der Waals surface area contributed by atoms with Crippen LogP contribution in [0.15, 0.2) is 42.5 Å². The van der Waals surface area contributed by atoms with Crippen molar-refractivity contribution in [3.8, 4) is 11.5 Å². The fourth-order valence-electron chi connectivity index (χ4n) is 2.42. The van der Waals surface area contributed by atoms with Crippen LogP contribution in [0, 0.1) is 5.82 Å². The van der Waals surface area contributed by atoms with E-state index >= 15 is 0 Å². The van der Waals surface area contributed by atoms with Crippen molar-refractivity contribution in [3.63, 3.8) is 0 Å². The maximum absolute atomic E-state index is 13.7. The number of methoxy groups -OCH3 is 2. The number of rotatable bonds is 7. The van der Waals surface area contributed by atoms with Gasteiger partial charge in [0.2, 0.25) is 5.91 Å². The first-order chi connectivity index (χ1) is 11.5. The van der Waals surface area contributed by atoms with E-state index in [1.807, 2.05) is 12.1 Å². The van der Waals surface area contributed by atoms with Gasteiger partial charge in [0.05, 0.1) is 14.2 Å². The zero-order valence-electron chi connectivity index (χ0n) is 14.2. The highest BCUT2D eigenvalue weighted by atomic mass is 19.1. The van der Waals surface area contributed by atoms with Crippen LogP contribution in [0.5, 0.6) is 11.5 Å². The lowest BCUT2D eigenvalue weighted by molar-refractivity contribution is -0.130. The Hall–Kier alpha value is -2.56. The minimum absolute atomic E-state index is 0.0416. The minimum atomic E-state index is -0.297. The number of hydrogen-bond donors (Lipinski definition) is 0. The molecule has 4 nitrogen and oxygen atoms in total. The molecule has 24 heavy (non-hydrogen) atoms. The zero-order valence-corrected chi connectivity index (χ0v) is 14.2. The summed E-state index contributed by atoms with van der Waals surface area (Å²) in [4.78, 5) is 13.8. The second-order valence-electron chi connectivity index (χ2n) is 5.56. The SMILES string of the molecule is COc1cc(CCC(=O)N(C)Cc2ccccc2F)cc(OC)c1. The molecule has 0 N–H and O–H groups in total. The third-order valence-electron chi connectivity index (χ3n) is 3.83. The molecule has 0 atom stereocenters. The summed E-state index contributed by atoms with van der Waals surface area (Å²) in [5.41, 5.74) is 1.47. The summed E-state index contributed by atoms with van der Waals surface area (Å²) in [6.07, 6.45) is 0.898. The molecule has 0 heterocycles. The number of carbonyl (C=O) groups is 1. The number of nitrogens with zero attached hydrogens (tertiary/aromatic N) is 1. The largest absolute Gasteiger partial charge is 0.497 e. The van der Waals surface area contributed by atoms with Crippen LogP contribution in [0.4, 0.5) is 4.39 Å². The summed E-state index contributed by atoms with van der Waals surface area (Å²) in [6, 6.07) is 12.0. The van der Waals surface area contributed by atoms with Gasteiger partial charge in [-0.3, -0.25) is 4.79 Å². The van der Waals surface area contributed by atoms with E-state index in [9.17, 15) is 9.18 Å². The molecule has 2 aromatic carbocycles. The van der Waals surface area contributed by atoms with Crippen molar-refractivity contribution in [1.82, 2.24) is 4.90 Å². The van der Waals surface area contributed by atoms with Gasteiger partial charge < -0.3 is 14.4 Å². The summed E-state index contributed by atoms with van der Waals surface area (Å²) in [5, 5.41) is 0. The molecule has 0 fully saturated rings. The van der Waals surface area contributed by atoms with Gasteiger partial charge in [-0.2, -0.15) is 0 Å². The van der Waals surface area contributed by atoms with Gasteiger partial charge in [-0.05, 0) is 30.2 Å². The van der Waals surface area contributed by atoms with Crippen LogP contribution >= 0.6 is 0 Å². The summed E-state index contributed by atoms with van der Waals surface area (Å²) >= 11 is 0. The van der Waals surface area contributed by atoms with Crippen LogP contribution in [0.25, 0.3) is 0 Å². The van der Waals surface area contributed by atoms with Gasteiger partial charge in [-0.25, -0.2) is 4.39 Å². The first-order valence-electron chi connectivity index (χ1n) is 7.72. The molecule has 0 spiro atoms. The molecule has 0 saturated carbocycles.